The highest BCUT2D eigenvalue weighted by atomic mass is 16.4. The van der Waals surface area contributed by atoms with E-state index in [1.54, 1.807) is 0 Å². The van der Waals surface area contributed by atoms with Crippen molar-refractivity contribution in [2.24, 2.45) is 0 Å². The topological polar surface area (TPSA) is 84.2 Å². The molecule has 0 radical (unpaired) electrons. The number of nitrogens with zero attached hydrogens (tertiary/aromatic N) is 2. The normalized spacial score (nSPS) is 14.2. The van der Waals surface area contributed by atoms with Crippen LogP contribution in [0.3, 0.4) is 0 Å². The summed E-state index contributed by atoms with van der Waals surface area (Å²) in [4.78, 5) is 23.4. The summed E-state index contributed by atoms with van der Waals surface area (Å²) < 4.78 is 1.82. The second kappa shape index (κ2) is 6.47. The molecule has 126 valence electrons. The predicted octanol–water partition coefficient (Wildman–Crippen LogP) is 2.13. The third-order valence-electron chi connectivity index (χ3n) is 4.45. The van der Waals surface area contributed by atoms with Gasteiger partial charge in [-0.15, -0.1) is 0 Å². The number of carbonyl (C=O) groups is 2. The first-order chi connectivity index (χ1) is 11.5. The second-order valence-corrected chi connectivity index (χ2v) is 6.09. The molecule has 1 heterocycles. The Hall–Kier alpha value is -2.63. The molecule has 0 saturated carbocycles. The van der Waals surface area contributed by atoms with Crippen LogP contribution in [0.25, 0.3) is 5.69 Å². The quantitative estimate of drug-likeness (QED) is 0.881. The molecule has 1 amide bonds. The number of aryl methyl sites for hydroxylation is 1. The summed E-state index contributed by atoms with van der Waals surface area (Å²) in [7, 11) is 0. The number of carbonyl (C=O) groups excluding carboxylic acids is 1. The first-order valence-corrected chi connectivity index (χ1v) is 8.25. The maximum atomic E-state index is 12.4. The van der Waals surface area contributed by atoms with E-state index in [2.05, 4.69) is 29.5 Å². The SMILES string of the molecule is CCc1ccc(-n2nc(C(=O)N[C@@H](C)C(=O)O)c3c2CCC3)cc1. The number of fused-ring (bicyclic) bond motifs is 1. The fraction of sp³-hybridized carbons (Fsp3) is 0.389. The van der Waals surface area contributed by atoms with Crippen molar-refractivity contribution >= 4 is 11.9 Å². The van der Waals surface area contributed by atoms with Gasteiger partial charge in [-0.25, -0.2) is 4.68 Å². The maximum Gasteiger partial charge on any atom is 0.325 e. The zero-order chi connectivity index (χ0) is 17.3. The number of nitrogens with one attached hydrogen (secondary N) is 1. The molecule has 1 aromatic heterocycles. The third-order valence-corrected chi connectivity index (χ3v) is 4.45. The van der Waals surface area contributed by atoms with Crippen molar-refractivity contribution < 1.29 is 14.7 Å². The van der Waals surface area contributed by atoms with Crippen LogP contribution in [0.2, 0.25) is 0 Å². The minimum Gasteiger partial charge on any atom is -0.480 e. The van der Waals surface area contributed by atoms with Crippen molar-refractivity contribution in [1.29, 1.82) is 0 Å². The lowest BCUT2D eigenvalue weighted by Gasteiger charge is -2.08. The summed E-state index contributed by atoms with van der Waals surface area (Å²) in [5, 5.41) is 15.9. The van der Waals surface area contributed by atoms with Crippen LogP contribution in [-0.4, -0.2) is 32.8 Å². The Kier molecular flexibility index (Phi) is 4.38. The molecule has 1 aliphatic rings. The molecule has 6 heteroatoms. The lowest BCUT2D eigenvalue weighted by Crippen LogP contribution is -2.38. The Morgan fingerprint density at radius 2 is 2.00 bits per heavy atom. The minimum atomic E-state index is -1.06. The Labute approximate surface area is 140 Å². The van der Waals surface area contributed by atoms with Crippen LogP contribution in [0.15, 0.2) is 24.3 Å². The van der Waals surface area contributed by atoms with Gasteiger partial charge in [0.1, 0.15) is 6.04 Å². The highest BCUT2D eigenvalue weighted by Gasteiger charge is 2.28. The highest BCUT2D eigenvalue weighted by molar-refractivity contribution is 5.96. The van der Waals surface area contributed by atoms with Gasteiger partial charge in [0.25, 0.3) is 5.91 Å². The standard InChI is InChI=1S/C18H21N3O3/c1-3-12-7-9-13(10-8-12)21-15-6-4-5-14(15)16(20-21)17(22)19-11(2)18(23)24/h7-11H,3-6H2,1-2H3,(H,19,22)(H,23,24)/t11-/m0/s1. The minimum absolute atomic E-state index is 0.343. The molecule has 0 bridgehead atoms. The van der Waals surface area contributed by atoms with Gasteiger partial charge in [0, 0.05) is 11.3 Å². The van der Waals surface area contributed by atoms with E-state index in [-0.39, 0.29) is 0 Å². The number of hydrogen-bond donors (Lipinski definition) is 2. The number of benzene rings is 1. The number of carboxylic acids is 1. The predicted molar refractivity (Wildman–Crippen MR) is 89.5 cm³/mol. The monoisotopic (exact) mass is 327 g/mol. The van der Waals surface area contributed by atoms with Gasteiger partial charge < -0.3 is 10.4 Å². The summed E-state index contributed by atoms with van der Waals surface area (Å²) in [6.07, 6.45) is 3.62. The molecular formula is C18H21N3O3. The molecule has 2 N–H and O–H groups in total. The number of carboxylic acid groups (broad SMARTS) is 1. The van der Waals surface area contributed by atoms with Crippen molar-refractivity contribution in [2.75, 3.05) is 0 Å². The van der Waals surface area contributed by atoms with E-state index in [9.17, 15) is 9.59 Å². The van der Waals surface area contributed by atoms with Crippen LogP contribution >= 0.6 is 0 Å². The Morgan fingerprint density at radius 1 is 1.29 bits per heavy atom. The maximum absolute atomic E-state index is 12.4. The fourth-order valence-corrected chi connectivity index (χ4v) is 3.03. The molecule has 0 fully saturated rings. The molecule has 1 aliphatic carbocycles. The van der Waals surface area contributed by atoms with Crippen molar-refractivity contribution in [3.63, 3.8) is 0 Å². The summed E-state index contributed by atoms with van der Waals surface area (Å²) in [5.74, 6) is -1.48. The van der Waals surface area contributed by atoms with E-state index in [1.807, 2.05) is 16.8 Å². The Balaban J connectivity index is 1.95. The van der Waals surface area contributed by atoms with Crippen molar-refractivity contribution in [3.05, 3.63) is 46.8 Å². The van der Waals surface area contributed by atoms with Gasteiger partial charge in [-0.1, -0.05) is 19.1 Å². The zero-order valence-corrected chi connectivity index (χ0v) is 13.9. The molecule has 2 aromatic rings. The van der Waals surface area contributed by atoms with E-state index in [0.29, 0.717) is 5.69 Å². The molecule has 3 rings (SSSR count). The molecule has 24 heavy (non-hydrogen) atoms. The molecule has 1 atom stereocenters. The zero-order valence-electron chi connectivity index (χ0n) is 13.9. The van der Waals surface area contributed by atoms with Gasteiger partial charge in [0.15, 0.2) is 5.69 Å². The number of aromatic nitrogens is 2. The number of aliphatic carboxylic acids is 1. The van der Waals surface area contributed by atoms with E-state index in [0.717, 1.165) is 42.6 Å². The number of amides is 1. The summed E-state index contributed by atoms with van der Waals surface area (Å²) in [6.45, 7) is 3.55. The molecule has 0 spiro atoms. The lowest BCUT2D eigenvalue weighted by molar-refractivity contribution is -0.138. The van der Waals surface area contributed by atoms with Gasteiger partial charge in [0.05, 0.1) is 5.69 Å². The van der Waals surface area contributed by atoms with E-state index >= 15 is 0 Å². The van der Waals surface area contributed by atoms with Crippen LogP contribution < -0.4 is 5.32 Å². The molecule has 1 aromatic carbocycles. The summed E-state index contributed by atoms with van der Waals surface area (Å²) in [5.41, 5.74) is 4.50. The van der Waals surface area contributed by atoms with Gasteiger partial charge >= 0.3 is 5.97 Å². The molecule has 0 unspecified atom stereocenters. The third kappa shape index (κ3) is 2.91. The highest BCUT2D eigenvalue weighted by Crippen LogP contribution is 2.28. The largest absolute Gasteiger partial charge is 0.480 e. The van der Waals surface area contributed by atoms with E-state index < -0.39 is 17.9 Å². The van der Waals surface area contributed by atoms with Gasteiger partial charge in [-0.3, -0.25) is 9.59 Å². The second-order valence-electron chi connectivity index (χ2n) is 6.09. The molecule has 6 nitrogen and oxygen atoms in total. The van der Waals surface area contributed by atoms with Crippen LogP contribution in [0, 0.1) is 0 Å². The molecular weight excluding hydrogens is 306 g/mol. The lowest BCUT2D eigenvalue weighted by atomic mass is 10.1. The summed E-state index contributed by atoms with van der Waals surface area (Å²) in [6, 6.07) is 7.19. The first-order valence-electron chi connectivity index (χ1n) is 8.25. The average Bonchev–Trinajstić information content (AvgIpc) is 3.17. The van der Waals surface area contributed by atoms with Gasteiger partial charge in [-0.05, 0) is 50.3 Å². The van der Waals surface area contributed by atoms with Gasteiger partial charge in [-0.2, -0.15) is 5.10 Å². The summed E-state index contributed by atoms with van der Waals surface area (Å²) >= 11 is 0. The molecule has 0 saturated heterocycles. The number of hydrogen-bond acceptors (Lipinski definition) is 3. The average molecular weight is 327 g/mol. The van der Waals surface area contributed by atoms with E-state index in [4.69, 9.17) is 5.11 Å². The smallest absolute Gasteiger partial charge is 0.325 e. The van der Waals surface area contributed by atoms with Crippen molar-refractivity contribution in [1.82, 2.24) is 15.1 Å². The van der Waals surface area contributed by atoms with Crippen LogP contribution in [0.5, 0.6) is 0 Å². The Bertz CT molecular complexity index is 778. The fourth-order valence-electron chi connectivity index (χ4n) is 3.03. The van der Waals surface area contributed by atoms with Crippen LogP contribution in [0.1, 0.15) is 47.6 Å². The van der Waals surface area contributed by atoms with Crippen LogP contribution in [0.4, 0.5) is 0 Å². The number of rotatable bonds is 5. The van der Waals surface area contributed by atoms with Gasteiger partial charge in [0.2, 0.25) is 0 Å². The van der Waals surface area contributed by atoms with E-state index in [1.165, 1.54) is 12.5 Å². The first kappa shape index (κ1) is 16.2. The van der Waals surface area contributed by atoms with Crippen molar-refractivity contribution in [2.45, 2.75) is 45.6 Å². The van der Waals surface area contributed by atoms with Crippen LogP contribution in [-0.2, 0) is 24.1 Å². The van der Waals surface area contributed by atoms with Crippen molar-refractivity contribution in [3.8, 4) is 5.69 Å². The Morgan fingerprint density at radius 3 is 2.62 bits per heavy atom. The molecule has 0 aliphatic heterocycles.